The van der Waals surface area contributed by atoms with E-state index in [0.717, 1.165) is 27.8 Å². The van der Waals surface area contributed by atoms with Gasteiger partial charge in [0.05, 0.1) is 4.47 Å². The molecule has 2 nitrogen and oxygen atoms in total. The summed E-state index contributed by atoms with van der Waals surface area (Å²) >= 11 is 6.83. The smallest absolute Gasteiger partial charge is 0.133 e. The standard InChI is InChI=1S/C11H13Br2NO/c1-2-5-14-6-7-15-11-4-3-9(12)8-10(11)13/h2-4,8,14H,1,5-7H2. The van der Waals surface area contributed by atoms with E-state index in [1.54, 1.807) is 0 Å². The zero-order valence-electron chi connectivity index (χ0n) is 8.30. The molecule has 82 valence electrons. The Kier molecular flexibility index (Phi) is 5.98. The summed E-state index contributed by atoms with van der Waals surface area (Å²) in [4.78, 5) is 0. The molecular weight excluding hydrogens is 322 g/mol. The van der Waals surface area contributed by atoms with E-state index in [4.69, 9.17) is 4.74 Å². The number of ether oxygens (including phenoxy) is 1. The molecular formula is C11H13Br2NO. The maximum absolute atomic E-state index is 5.57. The van der Waals surface area contributed by atoms with E-state index in [1.165, 1.54) is 0 Å². The molecule has 0 aliphatic heterocycles. The number of benzene rings is 1. The van der Waals surface area contributed by atoms with Gasteiger partial charge in [-0.15, -0.1) is 6.58 Å². The second kappa shape index (κ2) is 7.04. The van der Waals surface area contributed by atoms with Crippen molar-refractivity contribution in [2.45, 2.75) is 0 Å². The van der Waals surface area contributed by atoms with E-state index in [9.17, 15) is 0 Å². The van der Waals surface area contributed by atoms with Gasteiger partial charge < -0.3 is 10.1 Å². The summed E-state index contributed by atoms with van der Waals surface area (Å²) in [7, 11) is 0. The minimum absolute atomic E-state index is 0.647. The zero-order chi connectivity index (χ0) is 11.1. The van der Waals surface area contributed by atoms with Crippen molar-refractivity contribution >= 4 is 31.9 Å². The van der Waals surface area contributed by atoms with Crippen molar-refractivity contribution < 1.29 is 4.74 Å². The molecule has 1 rings (SSSR count). The van der Waals surface area contributed by atoms with E-state index in [0.29, 0.717) is 6.61 Å². The molecule has 0 atom stereocenters. The van der Waals surface area contributed by atoms with Crippen LogP contribution in [0.25, 0.3) is 0 Å². The minimum atomic E-state index is 0.647. The molecule has 0 amide bonds. The number of halogens is 2. The van der Waals surface area contributed by atoms with Crippen molar-refractivity contribution in [2.75, 3.05) is 19.7 Å². The lowest BCUT2D eigenvalue weighted by molar-refractivity contribution is 0.314. The van der Waals surface area contributed by atoms with E-state index in [-0.39, 0.29) is 0 Å². The fourth-order valence-electron chi connectivity index (χ4n) is 1.03. The quantitative estimate of drug-likeness (QED) is 0.636. The molecule has 1 aromatic rings. The van der Waals surface area contributed by atoms with Crippen LogP contribution in [0.2, 0.25) is 0 Å². The molecule has 1 aromatic carbocycles. The van der Waals surface area contributed by atoms with Gasteiger partial charge in [0.1, 0.15) is 12.4 Å². The third-order valence-corrected chi connectivity index (χ3v) is 2.83. The first-order valence-corrected chi connectivity index (χ1v) is 6.22. The number of hydrogen-bond acceptors (Lipinski definition) is 2. The summed E-state index contributed by atoms with van der Waals surface area (Å²) in [5.74, 6) is 0.860. The maximum atomic E-state index is 5.57. The first kappa shape index (κ1) is 12.7. The highest BCUT2D eigenvalue weighted by Crippen LogP contribution is 2.27. The molecule has 0 radical (unpaired) electrons. The minimum Gasteiger partial charge on any atom is -0.491 e. The van der Waals surface area contributed by atoms with Gasteiger partial charge in [-0.25, -0.2) is 0 Å². The van der Waals surface area contributed by atoms with Crippen molar-refractivity contribution in [1.29, 1.82) is 0 Å². The summed E-state index contributed by atoms with van der Waals surface area (Å²) in [5.41, 5.74) is 0. The first-order chi connectivity index (χ1) is 7.24. The summed E-state index contributed by atoms with van der Waals surface area (Å²) in [6.45, 7) is 5.90. The van der Waals surface area contributed by atoms with Crippen LogP contribution in [0.3, 0.4) is 0 Å². The van der Waals surface area contributed by atoms with Crippen LogP contribution in [-0.4, -0.2) is 19.7 Å². The topological polar surface area (TPSA) is 21.3 Å². The van der Waals surface area contributed by atoms with Crippen LogP contribution in [-0.2, 0) is 0 Å². The Labute approximate surface area is 107 Å². The molecule has 0 unspecified atom stereocenters. The molecule has 0 saturated heterocycles. The lowest BCUT2D eigenvalue weighted by Gasteiger charge is -2.08. The predicted molar refractivity (Wildman–Crippen MR) is 70.4 cm³/mol. The summed E-state index contributed by atoms with van der Waals surface area (Å²) < 4.78 is 7.57. The van der Waals surface area contributed by atoms with E-state index >= 15 is 0 Å². The number of rotatable bonds is 6. The number of hydrogen-bond donors (Lipinski definition) is 1. The second-order valence-electron chi connectivity index (χ2n) is 2.92. The van der Waals surface area contributed by atoms with Crippen LogP contribution >= 0.6 is 31.9 Å². The average Bonchev–Trinajstić information content (AvgIpc) is 2.20. The van der Waals surface area contributed by atoms with Crippen molar-refractivity contribution in [1.82, 2.24) is 5.32 Å². The molecule has 1 N–H and O–H groups in total. The van der Waals surface area contributed by atoms with Gasteiger partial charge >= 0.3 is 0 Å². The lowest BCUT2D eigenvalue weighted by atomic mass is 10.3. The van der Waals surface area contributed by atoms with Crippen LogP contribution in [0.1, 0.15) is 0 Å². The average molecular weight is 335 g/mol. The Morgan fingerprint density at radius 2 is 2.20 bits per heavy atom. The Bertz CT molecular complexity index is 328. The Morgan fingerprint density at radius 3 is 2.87 bits per heavy atom. The van der Waals surface area contributed by atoms with Crippen LogP contribution in [0.15, 0.2) is 39.8 Å². The lowest BCUT2D eigenvalue weighted by Crippen LogP contribution is -2.20. The van der Waals surface area contributed by atoms with Gasteiger partial charge in [0, 0.05) is 17.6 Å². The van der Waals surface area contributed by atoms with Crippen LogP contribution in [0, 0.1) is 0 Å². The van der Waals surface area contributed by atoms with Gasteiger partial charge in [-0.3, -0.25) is 0 Å². The second-order valence-corrected chi connectivity index (χ2v) is 4.69. The van der Waals surface area contributed by atoms with Crippen molar-refractivity contribution in [3.8, 4) is 5.75 Å². The number of nitrogens with one attached hydrogen (secondary N) is 1. The normalized spacial score (nSPS) is 10.0. The fourth-order valence-corrected chi connectivity index (χ4v) is 2.19. The molecule has 0 aliphatic carbocycles. The van der Waals surface area contributed by atoms with Gasteiger partial charge in [0.25, 0.3) is 0 Å². The Morgan fingerprint density at radius 1 is 1.40 bits per heavy atom. The highest BCUT2D eigenvalue weighted by atomic mass is 79.9. The van der Waals surface area contributed by atoms with E-state index < -0.39 is 0 Å². The highest BCUT2D eigenvalue weighted by molar-refractivity contribution is 9.11. The summed E-state index contributed by atoms with van der Waals surface area (Å²) in [6, 6.07) is 5.85. The largest absolute Gasteiger partial charge is 0.491 e. The molecule has 4 heteroatoms. The highest BCUT2D eigenvalue weighted by Gasteiger charge is 2.00. The van der Waals surface area contributed by atoms with Gasteiger partial charge in [-0.1, -0.05) is 22.0 Å². The van der Waals surface area contributed by atoms with Gasteiger partial charge in [0.15, 0.2) is 0 Å². The summed E-state index contributed by atoms with van der Waals surface area (Å²) in [6.07, 6.45) is 1.83. The third-order valence-electron chi connectivity index (χ3n) is 1.72. The summed E-state index contributed by atoms with van der Waals surface area (Å²) in [5, 5.41) is 3.17. The van der Waals surface area contributed by atoms with Crippen molar-refractivity contribution in [2.24, 2.45) is 0 Å². The van der Waals surface area contributed by atoms with Crippen molar-refractivity contribution in [3.63, 3.8) is 0 Å². The fraction of sp³-hybridized carbons (Fsp3) is 0.273. The molecule has 0 fully saturated rings. The van der Waals surface area contributed by atoms with Crippen molar-refractivity contribution in [3.05, 3.63) is 39.8 Å². The van der Waals surface area contributed by atoms with Gasteiger partial charge in [-0.05, 0) is 34.1 Å². The molecule has 15 heavy (non-hydrogen) atoms. The maximum Gasteiger partial charge on any atom is 0.133 e. The van der Waals surface area contributed by atoms with E-state index in [1.807, 2.05) is 24.3 Å². The van der Waals surface area contributed by atoms with Gasteiger partial charge in [0.2, 0.25) is 0 Å². The molecule has 0 bridgehead atoms. The third kappa shape index (κ3) is 4.82. The Balaban J connectivity index is 2.34. The van der Waals surface area contributed by atoms with Crippen LogP contribution < -0.4 is 10.1 Å². The Hall–Kier alpha value is -0.320. The van der Waals surface area contributed by atoms with Gasteiger partial charge in [-0.2, -0.15) is 0 Å². The zero-order valence-corrected chi connectivity index (χ0v) is 11.5. The molecule has 0 saturated carbocycles. The first-order valence-electron chi connectivity index (χ1n) is 4.63. The molecule has 0 aromatic heterocycles. The van der Waals surface area contributed by atoms with Crippen LogP contribution in [0.4, 0.5) is 0 Å². The van der Waals surface area contributed by atoms with E-state index in [2.05, 4.69) is 43.8 Å². The molecule has 0 aliphatic rings. The van der Waals surface area contributed by atoms with Crippen LogP contribution in [0.5, 0.6) is 5.75 Å². The predicted octanol–water partition coefficient (Wildman–Crippen LogP) is 3.37. The molecule has 0 spiro atoms. The SMILES string of the molecule is C=CCNCCOc1ccc(Br)cc1Br. The molecule has 0 heterocycles. The monoisotopic (exact) mass is 333 g/mol.